The fourth-order valence-electron chi connectivity index (χ4n) is 0. The Morgan fingerprint density at radius 1 is 1.33 bits per heavy atom. The summed E-state index contributed by atoms with van der Waals surface area (Å²) in [5.41, 5.74) is 4.03. The van der Waals surface area contributed by atoms with Crippen LogP contribution < -0.4 is 5.73 Å². The third kappa shape index (κ3) is 523. The summed E-state index contributed by atoms with van der Waals surface area (Å²) < 4.78 is 0. The van der Waals surface area contributed by atoms with Crippen molar-refractivity contribution in [3.63, 3.8) is 0 Å². The zero-order valence-corrected chi connectivity index (χ0v) is 7.96. The molecule has 0 atom stereocenters. The molecule has 6 heteroatoms. The van der Waals surface area contributed by atoms with E-state index < -0.39 is 12.1 Å². The largest absolute Gasteiger partial charge is 0.481 e. The molecule has 0 saturated carbocycles. The molecule has 0 fully saturated rings. The second kappa shape index (κ2) is 10.4. The third-order valence-corrected chi connectivity index (χ3v) is 0. The van der Waals surface area contributed by atoms with E-state index >= 15 is 0 Å². The van der Waals surface area contributed by atoms with Gasteiger partial charge in [-0.05, 0) is 0 Å². The van der Waals surface area contributed by atoms with E-state index in [4.69, 9.17) is 19.8 Å². The number of nitrogens with two attached hydrogens (primary N) is 1. The van der Waals surface area contributed by atoms with Crippen molar-refractivity contribution in [2.24, 2.45) is 5.73 Å². The molecule has 1 amide bonds. The topological polar surface area (TPSA) is 101 Å². The van der Waals surface area contributed by atoms with Gasteiger partial charge in [0, 0.05) is 26.4 Å². The molecule has 0 aliphatic heterocycles. The van der Waals surface area contributed by atoms with Crippen molar-refractivity contribution in [1.82, 2.24) is 0 Å². The average Bonchev–Trinajstić information content (AvgIpc) is 1.25. The van der Waals surface area contributed by atoms with Crippen LogP contribution in [0.15, 0.2) is 0 Å². The SMILES string of the molecule is CC(=O)O.NC(=O)O.[Zn]. The molecule has 0 aliphatic carbocycles. The predicted octanol–water partition coefficient (Wildman–Crippen LogP) is -0.288. The van der Waals surface area contributed by atoms with E-state index in [1.165, 1.54) is 0 Å². The van der Waals surface area contributed by atoms with Crippen molar-refractivity contribution < 1.29 is 39.3 Å². The van der Waals surface area contributed by atoms with Crippen molar-refractivity contribution in [2.75, 3.05) is 0 Å². The molecule has 0 aromatic rings. The van der Waals surface area contributed by atoms with E-state index in [2.05, 4.69) is 5.73 Å². The van der Waals surface area contributed by atoms with Gasteiger partial charge in [0.1, 0.15) is 0 Å². The van der Waals surface area contributed by atoms with Crippen LogP contribution >= 0.6 is 0 Å². The minimum atomic E-state index is -1.33. The van der Waals surface area contributed by atoms with Gasteiger partial charge in [-0.2, -0.15) is 0 Å². The Morgan fingerprint density at radius 2 is 1.33 bits per heavy atom. The van der Waals surface area contributed by atoms with Crippen molar-refractivity contribution in [3.05, 3.63) is 0 Å². The summed E-state index contributed by atoms with van der Waals surface area (Å²) in [6.07, 6.45) is -1.33. The van der Waals surface area contributed by atoms with Gasteiger partial charge in [0.05, 0.1) is 0 Å². The number of amides is 1. The Labute approximate surface area is 64.6 Å². The van der Waals surface area contributed by atoms with Gasteiger partial charge in [0.2, 0.25) is 0 Å². The van der Waals surface area contributed by atoms with Crippen LogP contribution in [-0.2, 0) is 24.3 Å². The number of carboxylic acids is 1. The summed E-state index contributed by atoms with van der Waals surface area (Å²) in [5.74, 6) is -0.833. The van der Waals surface area contributed by atoms with Crippen LogP contribution in [0.5, 0.6) is 0 Å². The number of hydrogen-bond acceptors (Lipinski definition) is 2. The van der Waals surface area contributed by atoms with Crippen LogP contribution in [0.2, 0.25) is 0 Å². The Hall–Kier alpha value is -0.637. The van der Waals surface area contributed by atoms with Crippen LogP contribution in [-0.4, -0.2) is 22.3 Å². The molecule has 0 rings (SSSR count). The van der Waals surface area contributed by atoms with E-state index in [0.717, 1.165) is 6.92 Å². The first-order valence-electron chi connectivity index (χ1n) is 1.64. The van der Waals surface area contributed by atoms with Crippen molar-refractivity contribution >= 4 is 12.1 Å². The number of aliphatic carboxylic acids is 1. The summed E-state index contributed by atoms with van der Waals surface area (Å²) in [4.78, 5) is 17.8. The third-order valence-electron chi connectivity index (χ3n) is 0. The predicted molar refractivity (Wildman–Crippen MR) is 25.5 cm³/mol. The van der Waals surface area contributed by atoms with Crippen LogP contribution in [0.1, 0.15) is 6.92 Å². The van der Waals surface area contributed by atoms with Gasteiger partial charge in [-0.1, -0.05) is 0 Å². The van der Waals surface area contributed by atoms with Crippen LogP contribution in [0.25, 0.3) is 0 Å². The first-order chi connectivity index (χ1) is 3.46. The summed E-state index contributed by atoms with van der Waals surface area (Å²) in [6, 6.07) is 0. The van der Waals surface area contributed by atoms with E-state index in [1.54, 1.807) is 0 Å². The van der Waals surface area contributed by atoms with E-state index in [-0.39, 0.29) is 19.5 Å². The fraction of sp³-hybridized carbons (Fsp3) is 0.333. The molecular formula is C3H7NO4Zn. The molecular weight excluding hydrogens is 179 g/mol. The van der Waals surface area contributed by atoms with E-state index in [1.807, 2.05) is 0 Å². The van der Waals surface area contributed by atoms with E-state index in [9.17, 15) is 0 Å². The first-order valence-corrected chi connectivity index (χ1v) is 1.64. The monoisotopic (exact) mass is 185 g/mol. The zero-order valence-electron chi connectivity index (χ0n) is 5.00. The van der Waals surface area contributed by atoms with E-state index in [0.29, 0.717) is 0 Å². The van der Waals surface area contributed by atoms with Gasteiger partial charge in [0.15, 0.2) is 0 Å². The molecule has 0 aromatic heterocycles. The maximum atomic E-state index is 9.00. The molecule has 5 nitrogen and oxygen atoms in total. The molecule has 0 aliphatic rings. The number of rotatable bonds is 0. The molecule has 0 aromatic carbocycles. The number of primary amides is 1. The Balaban J connectivity index is -0.0000000720. The maximum absolute atomic E-state index is 9.00. The summed E-state index contributed by atoms with van der Waals surface area (Å²) in [6.45, 7) is 1.08. The Morgan fingerprint density at radius 3 is 1.33 bits per heavy atom. The number of hydrogen-bond donors (Lipinski definition) is 3. The minimum absolute atomic E-state index is 0. The number of carboxylic acid groups (broad SMARTS) is 2. The second-order valence-electron chi connectivity index (χ2n) is 0.857. The van der Waals surface area contributed by atoms with Crippen molar-refractivity contribution in [3.8, 4) is 0 Å². The van der Waals surface area contributed by atoms with Crippen LogP contribution in [0, 0.1) is 0 Å². The second-order valence-corrected chi connectivity index (χ2v) is 0.857. The molecule has 0 spiro atoms. The van der Waals surface area contributed by atoms with Gasteiger partial charge >= 0.3 is 6.09 Å². The fourth-order valence-corrected chi connectivity index (χ4v) is 0. The van der Waals surface area contributed by atoms with Gasteiger partial charge < -0.3 is 15.9 Å². The summed E-state index contributed by atoms with van der Waals surface area (Å²) >= 11 is 0. The van der Waals surface area contributed by atoms with Crippen LogP contribution in [0.4, 0.5) is 4.79 Å². The smallest absolute Gasteiger partial charge is 0.402 e. The molecule has 0 radical (unpaired) electrons. The minimum Gasteiger partial charge on any atom is -0.481 e. The summed E-state index contributed by atoms with van der Waals surface area (Å²) in [5, 5.41) is 14.6. The Bertz CT molecular complexity index is 73.8. The van der Waals surface area contributed by atoms with Crippen LogP contribution in [0.3, 0.4) is 0 Å². The standard InChI is InChI=1S/C2H4O2.CH3NO2.Zn/c1-2(3)4;2-1(3)4;/h1H3,(H,3,4);2H2,(H,3,4);. The molecule has 9 heavy (non-hydrogen) atoms. The van der Waals surface area contributed by atoms with Gasteiger partial charge in [-0.25, -0.2) is 4.79 Å². The van der Waals surface area contributed by atoms with Crippen molar-refractivity contribution in [1.29, 1.82) is 0 Å². The molecule has 4 N–H and O–H groups in total. The van der Waals surface area contributed by atoms with Gasteiger partial charge in [0.25, 0.3) is 5.97 Å². The Kier molecular flexibility index (Phi) is 18.2. The average molecular weight is 186 g/mol. The molecule has 0 bridgehead atoms. The maximum Gasteiger partial charge on any atom is 0.402 e. The normalized spacial score (nSPS) is 5.44. The first kappa shape index (κ1) is 15.8. The molecule has 0 saturated heterocycles. The van der Waals surface area contributed by atoms with Gasteiger partial charge in [-0.15, -0.1) is 0 Å². The van der Waals surface area contributed by atoms with Crippen molar-refractivity contribution in [2.45, 2.75) is 6.92 Å². The van der Waals surface area contributed by atoms with Gasteiger partial charge in [-0.3, -0.25) is 4.79 Å². The quantitative estimate of drug-likeness (QED) is 0.453. The molecule has 0 heterocycles. The molecule has 50 valence electrons. The zero-order chi connectivity index (χ0) is 7.15. The number of carbonyl (C=O) groups is 2. The molecule has 0 unspecified atom stereocenters. The summed E-state index contributed by atoms with van der Waals surface area (Å²) in [7, 11) is 0.